The molecule has 0 aromatic carbocycles. The number of ether oxygens (including phenoxy) is 1. The number of carbonyl (C=O) groups excluding carboxylic acids is 1. The lowest BCUT2D eigenvalue weighted by atomic mass is 9.88. The standard InChI is InChI=1S/C21H33N5O2.HI/c1-3-28-19-17(10-7-12-23-19)14-24-21(22-2)25-18-11-13-26(15-18)20(27)16-8-5-4-6-9-16;/h7,10,12,16,18H,3-6,8-9,11,13-15H2,1-2H3,(H2,22,24,25);1H. The second kappa shape index (κ2) is 12.2. The summed E-state index contributed by atoms with van der Waals surface area (Å²) in [5.74, 6) is 1.98. The Morgan fingerprint density at radius 3 is 2.83 bits per heavy atom. The lowest BCUT2D eigenvalue weighted by molar-refractivity contribution is -0.135. The van der Waals surface area contributed by atoms with Gasteiger partial charge in [-0.2, -0.15) is 0 Å². The van der Waals surface area contributed by atoms with Crippen molar-refractivity contribution in [2.45, 2.75) is 58.0 Å². The van der Waals surface area contributed by atoms with Crippen LogP contribution in [0.4, 0.5) is 0 Å². The highest BCUT2D eigenvalue weighted by Crippen LogP contribution is 2.26. The summed E-state index contributed by atoms with van der Waals surface area (Å²) in [5.41, 5.74) is 0.993. The smallest absolute Gasteiger partial charge is 0.225 e. The third-order valence-electron chi connectivity index (χ3n) is 5.60. The van der Waals surface area contributed by atoms with E-state index < -0.39 is 0 Å². The SMILES string of the molecule is CCOc1ncccc1CNC(=NC)NC1CCN(C(=O)C2CCCCC2)C1.I. The molecule has 8 heteroatoms. The summed E-state index contributed by atoms with van der Waals surface area (Å²) in [6.45, 7) is 4.71. The number of aliphatic imine (C=N–C) groups is 1. The van der Waals surface area contributed by atoms with Crippen molar-refractivity contribution >= 4 is 35.8 Å². The van der Waals surface area contributed by atoms with E-state index in [0.717, 1.165) is 43.9 Å². The van der Waals surface area contributed by atoms with Crippen molar-refractivity contribution in [1.82, 2.24) is 20.5 Å². The first kappa shape index (κ1) is 23.7. The normalized spacial score (nSPS) is 20.1. The highest BCUT2D eigenvalue weighted by atomic mass is 127. The summed E-state index contributed by atoms with van der Waals surface area (Å²) in [5, 5.41) is 6.79. The summed E-state index contributed by atoms with van der Waals surface area (Å²) >= 11 is 0. The molecule has 1 unspecified atom stereocenters. The van der Waals surface area contributed by atoms with E-state index in [9.17, 15) is 4.79 Å². The van der Waals surface area contributed by atoms with E-state index in [1.165, 1.54) is 19.3 Å². The van der Waals surface area contributed by atoms with Gasteiger partial charge in [0.1, 0.15) is 0 Å². The molecular formula is C21H34IN5O2. The molecule has 3 rings (SSSR count). The minimum atomic E-state index is 0. The van der Waals surface area contributed by atoms with E-state index in [2.05, 4.69) is 20.6 Å². The number of carbonyl (C=O) groups is 1. The van der Waals surface area contributed by atoms with Gasteiger partial charge in [0.15, 0.2) is 5.96 Å². The maximum Gasteiger partial charge on any atom is 0.225 e. The molecule has 2 heterocycles. The Morgan fingerprint density at radius 2 is 2.10 bits per heavy atom. The minimum absolute atomic E-state index is 0. The molecule has 7 nitrogen and oxygen atoms in total. The Morgan fingerprint density at radius 1 is 1.31 bits per heavy atom. The molecule has 2 aliphatic rings. The van der Waals surface area contributed by atoms with Crippen molar-refractivity contribution < 1.29 is 9.53 Å². The Kier molecular flexibility index (Phi) is 9.96. The predicted molar refractivity (Wildman–Crippen MR) is 126 cm³/mol. The Labute approximate surface area is 191 Å². The van der Waals surface area contributed by atoms with Gasteiger partial charge in [0.25, 0.3) is 0 Å². The highest BCUT2D eigenvalue weighted by molar-refractivity contribution is 14.0. The molecule has 1 aliphatic heterocycles. The number of likely N-dealkylation sites (tertiary alicyclic amines) is 1. The number of nitrogens with one attached hydrogen (secondary N) is 2. The van der Waals surface area contributed by atoms with E-state index in [-0.39, 0.29) is 35.9 Å². The quantitative estimate of drug-likeness (QED) is 0.346. The molecule has 1 aromatic rings. The van der Waals surface area contributed by atoms with Gasteiger partial charge < -0.3 is 20.3 Å². The third-order valence-corrected chi connectivity index (χ3v) is 5.60. The predicted octanol–water partition coefficient (Wildman–Crippen LogP) is 2.94. The highest BCUT2D eigenvalue weighted by Gasteiger charge is 2.31. The van der Waals surface area contributed by atoms with Crippen LogP contribution in [0.25, 0.3) is 0 Å². The first-order valence-corrected chi connectivity index (χ1v) is 10.5. The zero-order chi connectivity index (χ0) is 19.8. The Hall–Kier alpha value is -1.58. The first-order chi connectivity index (χ1) is 13.7. The van der Waals surface area contributed by atoms with Crippen LogP contribution in [0.3, 0.4) is 0 Å². The molecule has 29 heavy (non-hydrogen) atoms. The van der Waals surface area contributed by atoms with Crippen molar-refractivity contribution in [2.24, 2.45) is 10.9 Å². The number of amides is 1. The van der Waals surface area contributed by atoms with Crippen molar-refractivity contribution in [2.75, 3.05) is 26.7 Å². The average molecular weight is 515 g/mol. The molecule has 1 atom stereocenters. The molecule has 1 saturated heterocycles. The van der Waals surface area contributed by atoms with Crippen molar-refractivity contribution in [3.05, 3.63) is 23.9 Å². The van der Waals surface area contributed by atoms with E-state index in [0.29, 0.717) is 24.9 Å². The molecule has 2 N–H and O–H groups in total. The third kappa shape index (κ3) is 6.72. The lowest BCUT2D eigenvalue weighted by Crippen LogP contribution is -2.45. The number of aromatic nitrogens is 1. The maximum atomic E-state index is 12.7. The molecule has 0 spiro atoms. The second-order valence-electron chi connectivity index (χ2n) is 7.58. The topological polar surface area (TPSA) is 78.8 Å². The van der Waals surface area contributed by atoms with E-state index in [1.807, 2.05) is 24.0 Å². The van der Waals surface area contributed by atoms with Gasteiger partial charge in [0.05, 0.1) is 6.61 Å². The summed E-state index contributed by atoms with van der Waals surface area (Å²) in [6, 6.07) is 4.14. The fourth-order valence-electron chi connectivity index (χ4n) is 4.08. The van der Waals surface area contributed by atoms with Crippen LogP contribution in [0.2, 0.25) is 0 Å². The fourth-order valence-corrected chi connectivity index (χ4v) is 4.08. The maximum absolute atomic E-state index is 12.7. The van der Waals surface area contributed by atoms with Gasteiger partial charge in [-0.05, 0) is 32.3 Å². The molecule has 0 radical (unpaired) electrons. The summed E-state index contributed by atoms with van der Waals surface area (Å²) < 4.78 is 5.58. The van der Waals surface area contributed by atoms with Gasteiger partial charge in [0.2, 0.25) is 11.8 Å². The zero-order valence-corrected chi connectivity index (χ0v) is 19.9. The van der Waals surface area contributed by atoms with Crippen molar-refractivity contribution in [3.63, 3.8) is 0 Å². The average Bonchev–Trinajstić information content (AvgIpc) is 3.21. The Balaban J connectivity index is 0.00000300. The van der Waals surface area contributed by atoms with Gasteiger partial charge in [-0.15, -0.1) is 24.0 Å². The van der Waals surface area contributed by atoms with Crippen LogP contribution in [0.15, 0.2) is 23.3 Å². The van der Waals surface area contributed by atoms with Crippen LogP contribution in [-0.4, -0.2) is 54.5 Å². The number of pyridine rings is 1. The first-order valence-electron chi connectivity index (χ1n) is 10.5. The molecule has 1 aliphatic carbocycles. The van der Waals surface area contributed by atoms with E-state index >= 15 is 0 Å². The summed E-state index contributed by atoms with van der Waals surface area (Å²) in [7, 11) is 1.77. The van der Waals surface area contributed by atoms with Crippen LogP contribution in [0.5, 0.6) is 5.88 Å². The molecular weight excluding hydrogens is 481 g/mol. The van der Waals surface area contributed by atoms with Gasteiger partial charge in [0, 0.05) is 50.4 Å². The molecule has 2 fully saturated rings. The number of rotatable bonds is 6. The van der Waals surface area contributed by atoms with Gasteiger partial charge >= 0.3 is 0 Å². The fraction of sp³-hybridized carbons (Fsp3) is 0.667. The second-order valence-corrected chi connectivity index (χ2v) is 7.58. The van der Waals surface area contributed by atoms with Crippen LogP contribution < -0.4 is 15.4 Å². The van der Waals surface area contributed by atoms with Gasteiger partial charge in [-0.25, -0.2) is 4.98 Å². The summed E-state index contributed by atoms with van der Waals surface area (Å²) in [4.78, 5) is 23.4. The van der Waals surface area contributed by atoms with E-state index in [4.69, 9.17) is 4.74 Å². The van der Waals surface area contributed by atoms with Gasteiger partial charge in [-0.3, -0.25) is 9.79 Å². The molecule has 1 aromatic heterocycles. The molecule has 1 saturated carbocycles. The monoisotopic (exact) mass is 515 g/mol. The lowest BCUT2D eigenvalue weighted by Gasteiger charge is -2.26. The number of hydrogen-bond acceptors (Lipinski definition) is 4. The summed E-state index contributed by atoms with van der Waals surface area (Å²) in [6.07, 6.45) is 8.47. The van der Waals surface area contributed by atoms with Crippen LogP contribution >= 0.6 is 24.0 Å². The molecule has 0 bridgehead atoms. The van der Waals surface area contributed by atoms with Crippen LogP contribution in [0.1, 0.15) is 51.0 Å². The molecule has 162 valence electrons. The number of guanidine groups is 1. The number of halogens is 1. The zero-order valence-electron chi connectivity index (χ0n) is 17.5. The van der Waals surface area contributed by atoms with E-state index in [1.54, 1.807) is 13.2 Å². The Bertz CT molecular complexity index is 679. The minimum Gasteiger partial charge on any atom is -0.478 e. The molecule has 1 amide bonds. The van der Waals surface area contributed by atoms with Crippen LogP contribution in [-0.2, 0) is 11.3 Å². The number of hydrogen-bond donors (Lipinski definition) is 2. The van der Waals surface area contributed by atoms with Crippen molar-refractivity contribution in [3.8, 4) is 5.88 Å². The largest absolute Gasteiger partial charge is 0.478 e. The number of nitrogens with zero attached hydrogens (tertiary/aromatic N) is 3. The van der Waals surface area contributed by atoms with Gasteiger partial charge in [-0.1, -0.05) is 25.3 Å². The van der Waals surface area contributed by atoms with Crippen LogP contribution in [0, 0.1) is 5.92 Å². The van der Waals surface area contributed by atoms with Crippen molar-refractivity contribution in [1.29, 1.82) is 0 Å².